The fourth-order valence-electron chi connectivity index (χ4n) is 0.680. The first-order valence-corrected chi connectivity index (χ1v) is 5.27. The molecular formula is C5H11O10P. The molecule has 0 spiro atoms. The molecule has 3 atom stereocenters. The SMILES string of the molecule is O=C(C(O)O)C(O)C(O)C(O)OP(=O)(O)O. The normalized spacial score (nSPS) is 18.2. The van der Waals surface area contributed by atoms with E-state index in [4.69, 9.17) is 35.3 Å². The summed E-state index contributed by atoms with van der Waals surface area (Å²) in [5.41, 5.74) is 0. The fraction of sp³-hybridized carbons (Fsp3) is 0.800. The molecule has 7 N–H and O–H groups in total. The van der Waals surface area contributed by atoms with Gasteiger partial charge < -0.3 is 35.3 Å². The van der Waals surface area contributed by atoms with Crippen LogP contribution in [0, 0.1) is 0 Å². The first-order chi connectivity index (χ1) is 7.06. The van der Waals surface area contributed by atoms with E-state index in [1.165, 1.54) is 0 Å². The summed E-state index contributed by atoms with van der Waals surface area (Å²) in [6.45, 7) is 0. The van der Waals surface area contributed by atoms with Gasteiger partial charge in [-0.1, -0.05) is 0 Å². The molecule has 16 heavy (non-hydrogen) atoms. The van der Waals surface area contributed by atoms with E-state index in [-0.39, 0.29) is 0 Å². The van der Waals surface area contributed by atoms with E-state index in [1.54, 1.807) is 0 Å². The summed E-state index contributed by atoms with van der Waals surface area (Å²) in [5.74, 6) is -1.67. The molecule has 0 heterocycles. The molecule has 0 rings (SSSR count). The highest BCUT2D eigenvalue weighted by Crippen LogP contribution is 2.37. The molecule has 0 aromatic rings. The maximum Gasteiger partial charge on any atom is 0.472 e. The topological polar surface area (TPSA) is 185 Å². The van der Waals surface area contributed by atoms with Crippen LogP contribution in [0.3, 0.4) is 0 Å². The molecular weight excluding hydrogens is 251 g/mol. The van der Waals surface area contributed by atoms with Gasteiger partial charge in [-0.2, -0.15) is 0 Å². The molecule has 10 nitrogen and oxygen atoms in total. The Kier molecular flexibility index (Phi) is 5.62. The van der Waals surface area contributed by atoms with Gasteiger partial charge in [0, 0.05) is 0 Å². The van der Waals surface area contributed by atoms with Gasteiger partial charge in [0.2, 0.25) is 12.1 Å². The van der Waals surface area contributed by atoms with E-state index in [2.05, 4.69) is 4.52 Å². The highest BCUT2D eigenvalue weighted by molar-refractivity contribution is 7.46. The van der Waals surface area contributed by atoms with Crippen molar-refractivity contribution in [3.05, 3.63) is 0 Å². The van der Waals surface area contributed by atoms with Crippen LogP contribution in [0.4, 0.5) is 0 Å². The molecule has 0 aromatic heterocycles. The summed E-state index contributed by atoms with van der Waals surface area (Å²) in [6.07, 6.45) is -10.1. The average molecular weight is 262 g/mol. The molecule has 0 aliphatic carbocycles. The van der Waals surface area contributed by atoms with Crippen molar-refractivity contribution in [1.29, 1.82) is 0 Å². The largest absolute Gasteiger partial charge is 0.472 e. The van der Waals surface area contributed by atoms with Gasteiger partial charge in [0.25, 0.3) is 0 Å². The number of ketones is 1. The lowest BCUT2D eigenvalue weighted by molar-refractivity contribution is -0.179. The van der Waals surface area contributed by atoms with Crippen molar-refractivity contribution in [1.82, 2.24) is 0 Å². The number of carbonyl (C=O) groups is 1. The Hall–Kier alpha value is -0.420. The summed E-state index contributed by atoms with van der Waals surface area (Å²) in [7, 11) is -5.13. The number of hydrogen-bond acceptors (Lipinski definition) is 8. The molecule has 0 amide bonds. The Bertz CT molecular complexity index is 283. The molecule has 3 unspecified atom stereocenters. The van der Waals surface area contributed by atoms with Crippen molar-refractivity contribution in [3.63, 3.8) is 0 Å². The molecule has 0 bridgehead atoms. The maximum absolute atomic E-state index is 10.7. The Labute approximate surface area is 88.6 Å². The lowest BCUT2D eigenvalue weighted by Crippen LogP contribution is -2.46. The van der Waals surface area contributed by atoms with Gasteiger partial charge in [-0.25, -0.2) is 4.57 Å². The number of phosphoric acid groups is 1. The molecule has 0 saturated heterocycles. The standard InChI is InChI=1S/C5H11O10P/c6-1(2(7)4(9)10)3(8)5(11)15-16(12,13)14/h1,3-6,8-11H,(H2,12,13,14). The second-order valence-electron chi connectivity index (χ2n) is 2.70. The summed E-state index contributed by atoms with van der Waals surface area (Å²) in [5, 5.41) is 43.3. The van der Waals surface area contributed by atoms with E-state index < -0.39 is 38.4 Å². The number of aliphatic hydroxyl groups is 5. The van der Waals surface area contributed by atoms with E-state index in [9.17, 15) is 9.36 Å². The monoisotopic (exact) mass is 262 g/mol. The van der Waals surface area contributed by atoms with Gasteiger partial charge in [-0.15, -0.1) is 0 Å². The molecule has 0 radical (unpaired) electrons. The van der Waals surface area contributed by atoms with Crippen LogP contribution in [0.15, 0.2) is 0 Å². The minimum atomic E-state index is -5.13. The molecule has 11 heteroatoms. The zero-order chi connectivity index (χ0) is 13.1. The minimum absolute atomic E-state index is 1.67. The van der Waals surface area contributed by atoms with Crippen LogP contribution in [0.1, 0.15) is 0 Å². The number of hydrogen-bond donors (Lipinski definition) is 7. The summed E-state index contributed by atoms with van der Waals surface area (Å²) in [6, 6.07) is 0. The smallest absolute Gasteiger partial charge is 0.385 e. The van der Waals surface area contributed by atoms with Gasteiger partial charge in [0.05, 0.1) is 0 Å². The lowest BCUT2D eigenvalue weighted by atomic mass is 10.1. The average Bonchev–Trinajstić information content (AvgIpc) is 2.11. The second-order valence-corrected chi connectivity index (χ2v) is 3.89. The molecule has 96 valence electrons. The van der Waals surface area contributed by atoms with Crippen molar-refractivity contribution < 1.29 is 49.2 Å². The third-order valence-electron chi connectivity index (χ3n) is 1.41. The Balaban J connectivity index is 4.49. The van der Waals surface area contributed by atoms with Gasteiger partial charge in [0.15, 0.2) is 6.29 Å². The number of aliphatic hydroxyl groups excluding tert-OH is 4. The van der Waals surface area contributed by atoms with Crippen LogP contribution in [-0.4, -0.2) is 65.9 Å². The molecule has 0 fully saturated rings. The zero-order valence-corrected chi connectivity index (χ0v) is 8.51. The quantitative estimate of drug-likeness (QED) is 0.184. The predicted octanol–water partition coefficient (Wildman–Crippen LogP) is -3.98. The van der Waals surface area contributed by atoms with Crippen LogP contribution >= 0.6 is 7.82 Å². The van der Waals surface area contributed by atoms with Crippen LogP contribution in [-0.2, 0) is 13.9 Å². The van der Waals surface area contributed by atoms with Crippen molar-refractivity contribution >= 4 is 13.6 Å². The number of carbonyl (C=O) groups excluding carboxylic acids is 1. The number of phosphoric ester groups is 1. The molecule has 0 aromatic carbocycles. The second kappa shape index (κ2) is 5.77. The molecule has 0 saturated carbocycles. The molecule has 0 aliphatic rings. The van der Waals surface area contributed by atoms with Crippen LogP contribution < -0.4 is 0 Å². The highest BCUT2D eigenvalue weighted by Gasteiger charge is 2.36. The predicted molar refractivity (Wildman–Crippen MR) is 44.4 cm³/mol. The molecule has 0 aliphatic heterocycles. The van der Waals surface area contributed by atoms with Gasteiger partial charge in [0.1, 0.15) is 12.2 Å². The van der Waals surface area contributed by atoms with Gasteiger partial charge in [-0.05, 0) is 0 Å². The minimum Gasteiger partial charge on any atom is -0.385 e. The number of Topliss-reactive ketones (excluding diaryl/α,β-unsaturated/α-hetero) is 1. The van der Waals surface area contributed by atoms with E-state index >= 15 is 0 Å². The van der Waals surface area contributed by atoms with Crippen molar-refractivity contribution in [2.24, 2.45) is 0 Å². The van der Waals surface area contributed by atoms with Crippen LogP contribution in [0.25, 0.3) is 0 Å². The Morgan fingerprint density at radius 3 is 1.81 bits per heavy atom. The van der Waals surface area contributed by atoms with E-state index in [1.807, 2.05) is 0 Å². The highest BCUT2D eigenvalue weighted by atomic mass is 31.2. The summed E-state index contributed by atoms with van der Waals surface area (Å²) >= 11 is 0. The first-order valence-electron chi connectivity index (χ1n) is 3.74. The summed E-state index contributed by atoms with van der Waals surface area (Å²) in [4.78, 5) is 27.1. The lowest BCUT2D eigenvalue weighted by Gasteiger charge is -2.22. The van der Waals surface area contributed by atoms with E-state index in [0.717, 1.165) is 0 Å². The Morgan fingerprint density at radius 1 is 1.06 bits per heavy atom. The fourth-order valence-corrected chi connectivity index (χ4v) is 1.09. The number of rotatable bonds is 6. The third kappa shape index (κ3) is 5.07. The van der Waals surface area contributed by atoms with Gasteiger partial charge in [-0.3, -0.25) is 9.32 Å². The van der Waals surface area contributed by atoms with E-state index in [0.29, 0.717) is 0 Å². The Morgan fingerprint density at radius 2 is 1.50 bits per heavy atom. The first kappa shape index (κ1) is 15.6. The zero-order valence-electron chi connectivity index (χ0n) is 7.61. The third-order valence-corrected chi connectivity index (χ3v) is 1.90. The van der Waals surface area contributed by atoms with Crippen LogP contribution in [0.5, 0.6) is 0 Å². The van der Waals surface area contributed by atoms with Crippen molar-refractivity contribution in [3.8, 4) is 0 Å². The maximum atomic E-state index is 10.7. The summed E-state index contributed by atoms with van der Waals surface area (Å²) < 4.78 is 13.8. The van der Waals surface area contributed by atoms with Crippen molar-refractivity contribution in [2.45, 2.75) is 24.8 Å². The van der Waals surface area contributed by atoms with Gasteiger partial charge >= 0.3 is 7.82 Å². The van der Waals surface area contributed by atoms with Crippen LogP contribution in [0.2, 0.25) is 0 Å². The van der Waals surface area contributed by atoms with Crippen molar-refractivity contribution in [2.75, 3.05) is 0 Å².